The van der Waals surface area contributed by atoms with Crippen LogP contribution in [0.4, 0.5) is 25.0 Å². The number of carbonyl (C=O) groups excluding carboxylic acids is 1. The van der Waals surface area contributed by atoms with E-state index < -0.39 is 17.7 Å². The number of hydrogen-bond donors (Lipinski definition) is 3. The molecule has 1 aromatic heterocycles. The summed E-state index contributed by atoms with van der Waals surface area (Å²) in [6.07, 6.45) is 4.98. The van der Waals surface area contributed by atoms with Crippen molar-refractivity contribution in [3.8, 4) is 17.0 Å². The van der Waals surface area contributed by atoms with E-state index in [2.05, 4.69) is 21.0 Å². The lowest BCUT2D eigenvalue weighted by Crippen LogP contribution is -2.20. The maximum Gasteiger partial charge on any atom is 0.323 e. The van der Waals surface area contributed by atoms with E-state index in [1.54, 1.807) is 29.1 Å². The topological polar surface area (TPSA) is 80.2 Å². The molecule has 1 aliphatic rings. The monoisotopic (exact) mass is 455 g/mol. The second-order valence-electron chi connectivity index (χ2n) is 8.10. The Balaban J connectivity index is 1.45. The van der Waals surface area contributed by atoms with Gasteiger partial charge in [-0.25, -0.2) is 13.6 Å². The summed E-state index contributed by atoms with van der Waals surface area (Å²) in [5.41, 5.74) is 2.00. The Kier molecular flexibility index (Phi) is 7.19. The van der Waals surface area contributed by atoms with E-state index in [9.17, 15) is 13.6 Å². The van der Waals surface area contributed by atoms with Crippen LogP contribution in [0.2, 0.25) is 0 Å². The number of urea groups is 1. The van der Waals surface area contributed by atoms with Gasteiger partial charge in [-0.15, -0.1) is 0 Å². The fourth-order valence-electron chi connectivity index (χ4n) is 3.96. The van der Waals surface area contributed by atoms with Crippen molar-refractivity contribution >= 4 is 17.4 Å². The zero-order valence-electron chi connectivity index (χ0n) is 18.4. The van der Waals surface area contributed by atoms with Crippen molar-refractivity contribution in [3.63, 3.8) is 0 Å². The summed E-state index contributed by atoms with van der Waals surface area (Å²) < 4.78 is 34.7. The van der Waals surface area contributed by atoms with Gasteiger partial charge in [-0.2, -0.15) is 5.10 Å². The Morgan fingerprint density at radius 3 is 2.82 bits per heavy atom. The van der Waals surface area contributed by atoms with Gasteiger partial charge in [0.2, 0.25) is 0 Å². The van der Waals surface area contributed by atoms with E-state index in [-0.39, 0.29) is 5.69 Å². The third kappa shape index (κ3) is 5.87. The van der Waals surface area contributed by atoms with Crippen LogP contribution in [0.1, 0.15) is 19.3 Å². The molecule has 1 saturated heterocycles. The molecule has 1 fully saturated rings. The summed E-state index contributed by atoms with van der Waals surface area (Å²) in [4.78, 5) is 12.4. The third-order valence-corrected chi connectivity index (χ3v) is 5.69. The molecule has 33 heavy (non-hydrogen) atoms. The Morgan fingerprint density at radius 1 is 1.21 bits per heavy atom. The number of anilines is 2. The summed E-state index contributed by atoms with van der Waals surface area (Å²) in [7, 11) is 1.83. The maximum absolute atomic E-state index is 13.8. The Bertz CT molecular complexity index is 1110. The molecular formula is C24H27F2N5O2. The number of ether oxygens (including phenoxy) is 1. The highest BCUT2D eigenvalue weighted by molar-refractivity contribution is 6.00. The van der Waals surface area contributed by atoms with Gasteiger partial charge in [-0.3, -0.25) is 4.68 Å². The number of aryl methyl sites for hydroxylation is 1. The molecule has 1 aliphatic heterocycles. The van der Waals surface area contributed by atoms with Gasteiger partial charge in [0.25, 0.3) is 0 Å². The highest BCUT2D eigenvalue weighted by Crippen LogP contribution is 2.33. The number of hydrogen-bond acceptors (Lipinski definition) is 4. The van der Waals surface area contributed by atoms with Crippen LogP contribution in [0.5, 0.6) is 5.75 Å². The van der Waals surface area contributed by atoms with Crippen LogP contribution in [0.3, 0.4) is 0 Å². The molecule has 2 amide bonds. The van der Waals surface area contributed by atoms with Crippen LogP contribution in [0.25, 0.3) is 11.3 Å². The lowest BCUT2D eigenvalue weighted by Gasteiger charge is -2.15. The number of halogens is 2. The standard InChI is InChI=1S/C24H27F2N5O2/c1-31-22(9-11-28-31)19-14-18(29-24(32)30-21-6-4-17(25)13-20(21)26)5-7-23(19)33-12-2-3-16-8-10-27-15-16/h4-7,9,11,13-14,16,27H,2-3,8,10,12,15H2,1H3,(H2,29,30,32). The van der Waals surface area contributed by atoms with Crippen molar-refractivity contribution in [1.82, 2.24) is 15.1 Å². The van der Waals surface area contributed by atoms with Gasteiger partial charge >= 0.3 is 6.03 Å². The van der Waals surface area contributed by atoms with Crippen molar-refractivity contribution in [2.24, 2.45) is 13.0 Å². The summed E-state index contributed by atoms with van der Waals surface area (Å²) >= 11 is 0. The van der Waals surface area contributed by atoms with Gasteiger partial charge in [0, 0.05) is 30.6 Å². The van der Waals surface area contributed by atoms with Crippen molar-refractivity contribution in [2.75, 3.05) is 30.3 Å². The van der Waals surface area contributed by atoms with Crippen molar-refractivity contribution in [1.29, 1.82) is 0 Å². The molecule has 174 valence electrons. The molecule has 0 bridgehead atoms. The molecule has 0 saturated carbocycles. The smallest absolute Gasteiger partial charge is 0.323 e. The molecule has 0 spiro atoms. The SMILES string of the molecule is Cn1nccc1-c1cc(NC(=O)Nc2ccc(F)cc2F)ccc1OCCCC1CCNC1. The zero-order chi connectivity index (χ0) is 23.2. The van der Waals surface area contributed by atoms with E-state index >= 15 is 0 Å². The van der Waals surface area contributed by atoms with Crippen molar-refractivity contribution < 1.29 is 18.3 Å². The van der Waals surface area contributed by atoms with Gasteiger partial charge in [0.05, 0.1) is 18.0 Å². The maximum atomic E-state index is 13.8. The number of rotatable bonds is 8. The summed E-state index contributed by atoms with van der Waals surface area (Å²) in [5.74, 6) is -0.160. The van der Waals surface area contributed by atoms with E-state index in [0.29, 0.717) is 30.0 Å². The molecule has 2 aromatic carbocycles. The molecule has 9 heteroatoms. The van der Waals surface area contributed by atoms with Gasteiger partial charge in [0.15, 0.2) is 0 Å². The normalized spacial score (nSPS) is 15.4. The Labute approximate surface area is 191 Å². The average molecular weight is 456 g/mol. The van der Waals surface area contributed by atoms with Gasteiger partial charge in [-0.1, -0.05) is 0 Å². The minimum Gasteiger partial charge on any atom is -0.493 e. The number of benzene rings is 2. The zero-order valence-corrected chi connectivity index (χ0v) is 18.4. The predicted octanol–water partition coefficient (Wildman–Crippen LogP) is 4.78. The molecule has 3 aromatic rings. The molecule has 1 atom stereocenters. The summed E-state index contributed by atoms with van der Waals surface area (Å²) in [6, 6.07) is 9.49. The van der Waals surface area contributed by atoms with Crippen molar-refractivity contribution in [2.45, 2.75) is 19.3 Å². The summed E-state index contributed by atoms with van der Waals surface area (Å²) in [6.45, 7) is 2.76. The number of carbonyl (C=O) groups is 1. The molecule has 2 heterocycles. The minimum absolute atomic E-state index is 0.113. The molecule has 7 nitrogen and oxygen atoms in total. The lowest BCUT2D eigenvalue weighted by atomic mass is 10.0. The van der Waals surface area contributed by atoms with Gasteiger partial charge in [0.1, 0.15) is 17.4 Å². The third-order valence-electron chi connectivity index (χ3n) is 5.69. The molecule has 1 unspecified atom stereocenters. The van der Waals surface area contributed by atoms with Gasteiger partial charge < -0.3 is 20.7 Å². The fraction of sp³-hybridized carbons (Fsp3) is 0.333. The molecule has 3 N–H and O–H groups in total. The van der Waals surface area contributed by atoms with Crippen LogP contribution in [-0.4, -0.2) is 35.5 Å². The quantitative estimate of drug-likeness (QED) is 0.427. The van der Waals surface area contributed by atoms with Gasteiger partial charge in [-0.05, 0) is 74.7 Å². The number of amides is 2. The fourth-order valence-corrected chi connectivity index (χ4v) is 3.96. The second kappa shape index (κ2) is 10.4. The van der Waals surface area contributed by atoms with E-state index in [1.165, 1.54) is 12.5 Å². The van der Waals surface area contributed by atoms with Crippen LogP contribution in [0, 0.1) is 17.6 Å². The van der Waals surface area contributed by atoms with E-state index in [0.717, 1.165) is 43.3 Å². The van der Waals surface area contributed by atoms with E-state index in [1.807, 2.05) is 13.1 Å². The highest BCUT2D eigenvalue weighted by Gasteiger charge is 2.16. The molecule has 4 rings (SSSR count). The van der Waals surface area contributed by atoms with Crippen LogP contribution < -0.4 is 20.7 Å². The predicted molar refractivity (Wildman–Crippen MR) is 123 cm³/mol. The number of aromatic nitrogens is 2. The molecule has 0 aliphatic carbocycles. The van der Waals surface area contributed by atoms with Crippen LogP contribution >= 0.6 is 0 Å². The lowest BCUT2D eigenvalue weighted by molar-refractivity contribution is 0.262. The molecule has 0 radical (unpaired) electrons. The number of nitrogens with zero attached hydrogens (tertiary/aromatic N) is 2. The first-order valence-corrected chi connectivity index (χ1v) is 11.0. The Hall–Kier alpha value is -3.46. The first-order chi connectivity index (χ1) is 16.0. The summed E-state index contributed by atoms with van der Waals surface area (Å²) in [5, 5.41) is 12.7. The number of nitrogens with one attached hydrogen (secondary N) is 3. The van der Waals surface area contributed by atoms with Crippen molar-refractivity contribution in [3.05, 3.63) is 60.3 Å². The molecular weight excluding hydrogens is 428 g/mol. The van der Waals surface area contributed by atoms with Crippen LogP contribution in [-0.2, 0) is 7.05 Å². The first-order valence-electron chi connectivity index (χ1n) is 11.0. The average Bonchev–Trinajstić information content (AvgIpc) is 3.45. The minimum atomic E-state index is -0.849. The second-order valence-corrected chi connectivity index (χ2v) is 8.10. The Morgan fingerprint density at radius 2 is 2.09 bits per heavy atom. The largest absolute Gasteiger partial charge is 0.493 e. The van der Waals surface area contributed by atoms with Crippen LogP contribution in [0.15, 0.2) is 48.7 Å². The first kappa shape index (κ1) is 22.7. The highest BCUT2D eigenvalue weighted by atomic mass is 19.1. The van der Waals surface area contributed by atoms with E-state index in [4.69, 9.17) is 4.74 Å².